The summed E-state index contributed by atoms with van der Waals surface area (Å²) in [6.45, 7) is 0. The summed E-state index contributed by atoms with van der Waals surface area (Å²) in [5.74, 6) is 0. The first-order chi connectivity index (χ1) is 3.56. The zero-order valence-electron chi connectivity index (χ0n) is 3.54. The van der Waals surface area contributed by atoms with Gasteiger partial charge in [0.15, 0.2) is 0 Å². The van der Waals surface area contributed by atoms with E-state index in [1.54, 1.807) is 0 Å². The van der Waals surface area contributed by atoms with Gasteiger partial charge < -0.3 is 0 Å². The zero-order chi connectivity index (χ0) is 7.21. The average Bonchev–Trinajstić information content (AvgIpc) is 1.71. The molecule has 0 saturated carbocycles. The highest BCUT2D eigenvalue weighted by Crippen LogP contribution is 1.99. The van der Waals surface area contributed by atoms with Crippen molar-refractivity contribution in [3.8, 4) is 12.8 Å². The lowest BCUT2D eigenvalue weighted by Crippen LogP contribution is -1.82. The standard InChI is InChI=1S/C2H2.Cl2O3S/c1-2;1-5-6(2,3)4/h1-2H;. The third-order valence-corrected chi connectivity index (χ3v) is 1.11. The topological polar surface area (TPSA) is 43.4 Å². The molecule has 0 bridgehead atoms. The SMILES string of the molecule is C#C.O=S(=O)(Cl)OCl. The molecule has 0 aromatic rings. The number of rotatable bonds is 1. The van der Waals surface area contributed by atoms with Crippen molar-refractivity contribution >= 4 is 31.9 Å². The minimum atomic E-state index is -3.92. The Kier molecular flexibility index (Phi) is 7.09. The van der Waals surface area contributed by atoms with Crippen LogP contribution >= 0.6 is 22.5 Å². The van der Waals surface area contributed by atoms with Gasteiger partial charge in [-0.2, -0.15) is 8.42 Å². The first-order valence-electron chi connectivity index (χ1n) is 1.14. The molecule has 8 heavy (non-hydrogen) atoms. The van der Waals surface area contributed by atoms with Gasteiger partial charge in [0.2, 0.25) is 0 Å². The molecule has 6 heteroatoms. The highest BCUT2D eigenvalue weighted by molar-refractivity contribution is 8.10. The summed E-state index contributed by atoms with van der Waals surface area (Å²) in [6.07, 6.45) is 8.00. The molecule has 48 valence electrons. The molecule has 0 aliphatic carbocycles. The van der Waals surface area contributed by atoms with Gasteiger partial charge in [0.05, 0.1) is 22.5 Å². The Balaban J connectivity index is 0. The fraction of sp³-hybridized carbons (Fsp3) is 0. The monoisotopic (exact) mass is 176 g/mol. The fourth-order valence-corrected chi connectivity index (χ4v) is 0. The first-order valence-corrected chi connectivity index (χ1v) is 3.68. The Morgan fingerprint density at radius 1 is 1.38 bits per heavy atom. The maximum atomic E-state index is 9.41. The van der Waals surface area contributed by atoms with Crippen LogP contribution in [0.25, 0.3) is 0 Å². The van der Waals surface area contributed by atoms with Gasteiger partial charge in [-0.25, -0.2) is 0 Å². The Bertz CT molecular complexity index is 146. The molecule has 0 heterocycles. The summed E-state index contributed by atoms with van der Waals surface area (Å²) < 4.78 is 22.0. The van der Waals surface area contributed by atoms with Gasteiger partial charge in [0.25, 0.3) is 0 Å². The lowest BCUT2D eigenvalue weighted by Gasteiger charge is -1.75. The van der Waals surface area contributed by atoms with Crippen LogP contribution < -0.4 is 0 Å². The molecule has 0 amide bonds. The maximum Gasteiger partial charge on any atom is 0.371 e. The first kappa shape index (κ1) is 10.9. The van der Waals surface area contributed by atoms with E-state index in [2.05, 4.69) is 39.1 Å². The largest absolute Gasteiger partial charge is 0.371 e. The molecule has 0 spiro atoms. The Hall–Kier alpha value is 0.0500. The highest BCUT2D eigenvalue weighted by Gasteiger charge is 1.98. The number of halogens is 2. The quantitative estimate of drug-likeness (QED) is 0.441. The van der Waals surface area contributed by atoms with Gasteiger partial charge in [-0.15, -0.1) is 16.6 Å². The number of hydrogen-bond donors (Lipinski definition) is 0. The molecular weight excluding hydrogens is 175 g/mol. The van der Waals surface area contributed by atoms with Crippen molar-refractivity contribution in [3.63, 3.8) is 0 Å². The van der Waals surface area contributed by atoms with Crippen LogP contribution in [0.5, 0.6) is 0 Å². The van der Waals surface area contributed by atoms with E-state index in [1.807, 2.05) is 0 Å². The van der Waals surface area contributed by atoms with Crippen LogP contribution in [-0.2, 0) is 13.1 Å². The Labute approximate surface area is 57.3 Å². The third kappa shape index (κ3) is 16.6. The molecule has 0 aliphatic heterocycles. The van der Waals surface area contributed by atoms with E-state index in [-0.39, 0.29) is 0 Å². The molecule has 0 unspecified atom stereocenters. The second kappa shape index (κ2) is 5.19. The van der Waals surface area contributed by atoms with Gasteiger partial charge in [-0.1, -0.05) is 0 Å². The van der Waals surface area contributed by atoms with Gasteiger partial charge >= 0.3 is 9.33 Å². The smallest absolute Gasteiger partial charge is 0.180 e. The lowest BCUT2D eigenvalue weighted by molar-refractivity contribution is 0.527. The summed E-state index contributed by atoms with van der Waals surface area (Å²) in [5.41, 5.74) is 0. The molecule has 3 nitrogen and oxygen atoms in total. The van der Waals surface area contributed by atoms with Gasteiger partial charge in [-0.3, -0.25) is 0 Å². The van der Waals surface area contributed by atoms with Gasteiger partial charge in [-0.05, 0) is 0 Å². The second-order valence-electron chi connectivity index (χ2n) is 0.456. The van der Waals surface area contributed by atoms with E-state index in [4.69, 9.17) is 0 Å². The summed E-state index contributed by atoms with van der Waals surface area (Å²) in [4.78, 5) is 0. The van der Waals surface area contributed by atoms with Crippen LogP contribution in [0.2, 0.25) is 0 Å². The van der Waals surface area contributed by atoms with Crippen molar-refractivity contribution in [2.75, 3.05) is 0 Å². The van der Waals surface area contributed by atoms with E-state index in [0.29, 0.717) is 0 Å². The molecule has 0 saturated heterocycles. The van der Waals surface area contributed by atoms with Gasteiger partial charge in [0.1, 0.15) is 0 Å². The van der Waals surface area contributed by atoms with E-state index < -0.39 is 9.33 Å². The van der Waals surface area contributed by atoms with E-state index in [1.165, 1.54) is 0 Å². The number of hydrogen-bond acceptors (Lipinski definition) is 3. The van der Waals surface area contributed by atoms with Crippen molar-refractivity contribution in [1.82, 2.24) is 0 Å². The van der Waals surface area contributed by atoms with Crippen molar-refractivity contribution in [2.45, 2.75) is 0 Å². The summed E-state index contributed by atoms with van der Waals surface area (Å²) in [7, 11) is 0.411. The predicted octanol–water partition coefficient (Wildman–Crippen LogP) is 0.890. The average molecular weight is 177 g/mol. The molecule has 0 aromatic heterocycles. The summed E-state index contributed by atoms with van der Waals surface area (Å²) in [6, 6.07) is 0. The molecule has 0 rings (SSSR count). The van der Waals surface area contributed by atoms with Crippen LogP contribution in [0.1, 0.15) is 0 Å². The Morgan fingerprint density at radius 3 is 1.50 bits per heavy atom. The molecule has 0 radical (unpaired) electrons. The highest BCUT2D eigenvalue weighted by atomic mass is 35.7. The normalized spacial score (nSPS) is 9.00. The molecule has 0 aromatic carbocycles. The second-order valence-corrected chi connectivity index (χ2v) is 2.88. The van der Waals surface area contributed by atoms with Crippen molar-refractivity contribution in [1.29, 1.82) is 0 Å². The van der Waals surface area contributed by atoms with Crippen molar-refractivity contribution in [3.05, 3.63) is 0 Å². The molecule has 0 atom stereocenters. The molecule has 0 fully saturated rings. The van der Waals surface area contributed by atoms with E-state index >= 15 is 0 Å². The van der Waals surface area contributed by atoms with E-state index in [0.717, 1.165) is 0 Å². The predicted molar refractivity (Wildman–Crippen MR) is 31.6 cm³/mol. The van der Waals surface area contributed by atoms with Crippen LogP contribution in [0.3, 0.4) is 0 Å². The zero-order valence-corrected chi connectivity index (χ0v) is 5.87. The third-order valence-electron chi connectivity index (χ3n) is 0.0752. The van der Waals surface area contributed by atoms with Crippen molar-refractivity contribution < 1.29 is 12.2 Å². The van der Waals surface area contributed by atoms with Crippen LogP contribution in [0.15, 0.2) is 0 Å². The van der Waals surface area contributed by atoms with Gasteiger partial charge in [0, 0.05) is 0 Å². The van der Waals surface area contributed by atoms with Crippen LogP contribution in [0, 0.1) is 12.8 Å². The molecule has 0 N–H and O–H groups in total. The number of terminal acetylenes is 1. The van der Waals surface area contributed by atoms with E-state index in [9.17, 15) is 8.42 Å². The lowest BCUT2D eigenvalue weighted by atomic mass is 11.4. The fourth-order valence-electron chi connectivity index (χ4n) is 0. The summed E-state index contributed by atoms with van der Waals surface area (Å²) >= 11 is 4.26. The molecule has 0 aliphatic rings. The van der Waals surface area contributed by atoms with Crippen LogP contribution in [0.4, 0.5) is 0 Å². The Morgan fingerprint density at radius 2 is 1.50 bits per heavy atom. The maximum absolute atomic E-state index is 9.41. The molecular formula is C2H2Cl2O3S. The van der Waals surface area contributed by atoms with Crippen LogP contribution in [-0.4, -0.2) is 8.42 Å². The minimum Gasteiger partial charge on any atom is -0.180 e. The van der Waals surface area contributed by atoms with Crippen molar-refractivity contribution in [2.24, 2.45) is 0 Å². The summed E-state index contributed by atoms with van der Waals surface area (Å²) in [5, 5.41) is 0. The minimum absolute atomic E-state index is 3.15.